The van der Waals surface area contributed by atoms with Gasteiger partial charge in [0.2, 0.25) is 0 Å². The third kappa shape index (κ3) is 2.12. The van der Waals surface area contributed by atoms with E-state index in [0.717, 1.165) is 29.9 Å². The molecule has 1 N–H and O–H groups in total. The largest absolute Gasteiger partial charge is 0.341 e. The number of rotatable bonds is 2. The maximum Gasteiger partial charge on any atom is 0.127 e. The number of hydrogen-bond acceptors (Lipinski definition) is 2. The Morgan fingerprint density at radius 2 is 1.85 bits per heavy atom. The zero-order valence-corrected chi connectivity index (χ0v) is 12.2. The third-order valence-corrected chi connectivity index (χ3v) is 4.06. The highest BCUT2D eigenvalue weighted by Crippen LogP contribution is 2.46. The summed E-state index contributed by atoms with van der Waals surface area (Å²) in [5.74, 6) is 0.815. The van der Waals surface area contributed by atoms with Crippen LogP contribution in [0.3, 0.4) is 0 Å². The van der Waals surface area contributed by atoms with Crippen molar-refractivity contribution >= 4 is 0 Å². The quantitative estimate of drug-likeness (QED) is 0.894. The second-order valence-corrected chi connectivity index (χ2v) is 6.67. The first-order chi connectivity index (χ1) is 9.44. The average Bonchev–Trinajstić information content (AvgIpc) is 3.07. The molecule has 3 heteroatoms. The summed E-state index contributed by atoms with van der Waals surface area (Å²) in [5, 5.41) is 9.21. The first kappa shape index (κ1) is 12.9. The van der Waals surface area contributed by atoms with Gasteiger partial charge in [0.05, 0.1) is 18.0 Å². The van der Waals surface area contributed by atoms with Gasteiger partial charge in [0, 0.05) is 0 Å². The van der Waals surface area contributed by atoms with Gasteiger partial charge in [0.25, 0.3) is 0 Å². The Hall–Kier alpha value is -2.08. The summed E-state index contributed by atoms with van der Waals surface area (Å²) < 4.78 is 0. The standard InChI is InChI=1S/C17H19N3/c1-16(2,3)13-6-4-12(5-7-13)14-10-19-15(20-14)17(11-18)8-9-17/h4-7,10H,8-9H2,1-3H3,(H,19,20). The van der Waals surface area contributed by atoms with Crippen LogP contribution in [0.25, 0.3) is 11.3 Å². The molecule has 0 saturated heterocycles. The van der Waals surface area contributed by atoms with E-state index in [4.69, 9.17) is 0 Å². The predicted molar refractivity (Wildman–Crippen MR) is 79.2 cm³/mol. The number of benzene rings is 1. The normalized spacial score (nSPS) is 16.7. The number of imidazole rings is 1. The number of nitrogens with zero attached hydrogens (tertiary/aromatic N) is 2. The van der Waals surface area contributed by atoms with Gasteiger partial charge in [-0.25, -0.2) is 4.98 Å². The lowest BCUT2D eigenvalue weighted by Gasteiger charge is -2.18. The summed E-state index contributed by atoms with van der Waals surface area (Å²) in [7, 11) is 0. The Labute approximate surface area is 119 Å². The highest BCUT2D eigenvalue weighted by Gasteiger charge is 2.47. The minimum Gasteiger partial charge on any atom is -0.341 e. The molecule has 1 saturated carbocycles. The zero-order valence-electron chi connectivity index (χ0n) is 12.2. The molecule has 3 rings (SSSR count). The molecular formula is C17H19N3. The molecule has 1 aliphatic rings. The van der Waals surface area contributed by atoms with Crippen LogP contribution in [0.5, 0.6) is 0 Å². The van der Waals surface area contributed by atoms with Gasteiger partial charge < -0.3 is 4.98 Å². The lowest BCUT2D eigenvalue weighted by Crippen LogP contribution is -2.10. The molecule has 1 aromatic carbocycles. The first-order valence-corrected chi connectivity index (χ1v) is 7.02. The Balaban J connectivity index is 1.89. The van der Waals surface area contributed by atoms with Crippen LogP contribution in [0, 0.1) is 11.3 Å². The Kier molecular flexibility index (Phi) is 2.72. The van der Waals surface area contributed by atoms with E-state index < -0.39 is 0 Å². The van der Waals surface area contributed by atoms with Crippen molar-refractivity contribution in [3.63, 3.8) is 0 Å². The van der Waals surface area contributed by atoms with Gasteiger partial charge in [0.1, 0.15) is 11.2 Å². The SMILES string of the molecule is CC(C)(C)c1ccc(-c2cnc(C3(C#N)CC3)[nH]2)cc1. The van der Waals surface area contributed by atoms with Crippen molar-refractivity contribution in [2.24, 2.45) is 0 Å². The van der Waals surface area contributed by atoms with Crippen molar-refractivity contribution in [2.75, 3.05) is 0 Å². The van der Waals surface area contributed by atoms with E-state index in [1.807, 2.05) is 6.20 Å². The molecule has 0 bridgehead atoms. The number of nitriles is 1. The molecule has 102 valence electrons. The number of H-pyrrole nitrogens is 1. The minimum absolute atomic E-state index is 0.163. The molecule has 0 spiro atoms. The topological polar surface area (TPSA) is 52.5 Å². The number of aromatic nitrogens is 2. The van der Waals surface area contributed by atoms with Crippen molar-refractivity contribution in [1.29, 1.82) is 5.26 Å². The van der Waals surface area contributed by atoms with Crippen molar-refractivity contribution in [3.05, 3.63) is 41.9 Å². The van der Waals surface area contributed by atoms with Crippen LogP contribution in [0.2, 0.25) is 0 Å². The lowest BCUT2D eigenvalue weighted by atomic mass is 9.86. The van der Waals surface area contributed by atoms with E-state index in [1.54, 1.807) is 0 Å². The molecular weight excluding hydrogens is 246 g/mol. The van der Waals surface area contributed by atoms with E-state index in [9.17, 15) is 5.26 Å². The fourth-order valence-electron chi connectivity index (χ4n) is 2.39. The first-order valence-electron chi connectivity index (χ1n) is 7.02. The van der Waals surface area contributed by atoms with Crippen molar-refractivity contribution in [2.45, 2.75) is 44.4 Å². The summed E-state index contributed by atoms with van der Waals surface area (Å²) in [6.45, 7) is 6.63. The van der Waals surface area contributed by atoms with E-state index in [0.29, 0.717) is 0 Å². The van der Waals surface area contributed by atoms with Gasteiger partial charge >= 0.3 is 0 Å². The van der Waals surface area contributed by atoms with Crippen LogP contribution < -0.4 is 0 Å². The minimum atomic E-state index is -0.344. The molecule has 1 aliphatic carbocycles. The van der Waals surface area contributed by atoms with Crippen LogP contribution in [-0.2, 0) is 10.8 Å². The zero-order chi connectivity index (χ0) is 14.4. The van der Waals surface area contributed by atoms with Gasteiger partial charge in [-0.2, -0.15) is 5.26 Å². The van der Waals surface area contributed by atoms with Crippen LogP contribution in [0.15, 0.2) is 30.5 Å². The molecule has 1 heterocycles. The molecule has 1 aromatic heterocycles. The summed E-state index contributed by atoms with van der Waals surface area (Å²) in [6.07, 6.45) is 3.66. The molecule has 2 aromatic rings. The summed E-state index contributed by atoms with van der Waals surface area (Å²) in [4.78, 5) is 7.70. The smallest absolute Gasteiger partial charge is 0.127 e. The van der Waals surface area contributed by atoms with Crippen molar-refractivity contribution < 1.29 is 0 Å². The van der Waals surface area contributed by atoms with E-state index >= 15 is 0 Å². The molecule has 0 atom stereocenters. The van der Waals surface area contributed by atoms with Gasteiger partial charge in [-0.15, -0.1) is 0 Å². The molecule has 3 nitrogen and oxygen atoms in total. The van der Waals surface area contributed by atoms with E-state index in [2.05, 4.69) is 61.1 Å². The van der Waals surface area contributed by atoms with E-state index in [1.165, 1.54) is 5.56 Å². The molecule has 0 radical (unpaired) electrons. The van der Waals surface area contributed by atoms with Crippen LogP contribution >= 0.6 is 0 Å². The Morgan fingerprint density at radius 3 is 2.35 bits per heavy atom. The number of hydrogen-bond donors (Lipinski definition) is 1. The van der Waals surface area contributed by atoms with Gasteiger partial charge in [-0.05, 0) is 29.4 Å². The maximum absolute atomic E-state index is 9.21. The highest BCUT2D eigenvalue weighted by molar-refractivity contribution is 5.59. The summed E-state index contributed by atoms with van der Waals surface area (Å²) >= 11 is 0. The second kappa shape index (κ2) is 4.21. The second-order valence-electron chi connectivity index (χ2n) is 6.67. The summed E-state index contributed by atoms with van der Waals surface area (Å²) in [5.41, 5.74) is 3.24. The van der Waals surface area contributed by atoms with Gasteiger partial charge in [-0.3, -0.25) is 0 Å². The predicted octanol–water partition coefficient (Wildman–Crippen LogP) is 3.93. The van der Waals surface area contributed by atoms with Crippen LogP contribution in [-0.4, -0.2) is 9.97 Å². The Bertz CT molecular complexity index is 661. The molecule has 0 aliphatic heterocycles. The Morgan fingerprint density at radius 1 is 1.20 bits per heavy atom. The summed E-state index contributed by atoms with van der Waals surface area (Å²) in [6, 6.07) is 10.9. The molecule has 0 unspecified atom stereocenters. The fourth-order valence-corrected chi connectivity index (χ4v) is 2.39. The van der Waals surface area contributed by atoms with E-state index in [-0.39, 0.29) is 10.8 Å². The average molecular weight is 265 g/mol. The lowest BCUT2D eigenvalue weighted by molar-refractivity contribution is 0.590. The monoisotopic (exact) mass is 265 g/mol. The molecule has 20 heavy (non-hydrogen) atoms. The fraction of sp³-hybridized carbons (Fsp3) is 0.412. The van der Waals surface area contributed by atoms with Gasteiger partial charge in [-0.1, -0.05) is 45.0 Å². The van der Waals surface area contributed by atoms with Gasteiger partial charge in [0.15, 0.2) is 0 Å². The molecule has 0 amide bonds. The van der Waals surface area contributed by atoms with Crippen molar-refractivity contribution in [1.82, 2.24) is 9.97 Å². The van der Waals surface area contributed by atoms with Crippen LogP contribution in [0.4, 0.5) is 0 Å². The highest BCUT2D eigenvalue weighted by atomic mass is 15.0. The van der Waals surface area contributed by atoms with Crippen molar-refractivity contribution in [3.8, 4) is 17.3 Å². The molecule has 1 fully saturated rings. The third-order valence-electron chi connectivity index (χ3n) is 4.06. The number of nitrogens with one attached hydrogen (secondary N) is 1. The maximum atomic E-state index is 9.21. The van der Waals surface area contributed by atoms with Crippen LogP contribution in [0.1, 0.15) is 45.0 Å². The number of aromatic amines is 1.